The van der Waals surface area contributed by atoms with Gasteiger partial charge in [0.05, 0.1) is 24.9 Å². The second-order valence-corrected chi connectivity index (χ2v) is 6.67. The first-order valence-corrected chi connectivity index (χ1v) is 7.89. The highest BCUT2D eigenvalue weighted by Gasteiger charge is 2.17. The van der Waals surface area contributed by atoms with E-state index in [2.05, 4.69) is 4.90 Å². The predicted molar refractivity (Wildman–Crippen MR) is 86.9 cm³/mol. The molecule has 1 N–H and O–H groups in total. The van der Waals surface area contributed by atoms with Crippen molar-refractivity contribution in [1.82, 2.24) is 4.90 Å². The van der Waals surface area contributed by atoms with Gasteiger partial charge in [-0.05, 0) is 46.2 Å². The summed E-state index contributed by atoms with van der Waals surface area (Å²) in [6, 6.07) is 3.94. The van der Waals surface area contributed by atoms with Gasteiger partial charge >= 0.3 is 0 Å². The molecule has 1 aromatic rings. The summed E-state index contributed by atoms with van der Waals surface area (Å²) in [6.07, 6.45) is 0.404. The van der Waals surface area contributed by atoms with Gasteiger partial charge in [-0.15, -0.1) is 0 Å². The summed E-state index contributed by atoms with van der Waals surface area (Å²) in [6.45, 7) is 11.0. The number of aliphatic hydroxyl groups excluding tert-OH is 1. The Kier molecular flexibility index (Phi) is 8.10. The van der Waals surface area contributed by atoms with Gasteiger partial charge in [-0.2, -0.15) is 0 Å². The lowest BCUT2D eigenvalue weighted by atomic mass is 10.2. The Balaban J connectivity index is 2.49. The van der Waals surface area contributed by atoms with Crippen molar-refractivity contribution in [2.45, 2.75) is 52.4 Å². The molecular formula is C17H31NO4. The summed E-state index contributed by atoms with van der Waals surface area (Å²) >= 11 is 0. The van der Waals surface area contributed by atoms with E-state index in [0.717, 1.165) is 24.5 Å². The zero-order chi connectivity index (χ0) is 16.6. The lowest BCUT2D eigenvalue weighted by molar-refractivity contribution is -0.0573. The second-order valence-electron chi connectivity index (χ2n) is 6.67. The van der Waals surface area contributed by atoms with Gasteiger partial charge in [-0.25, -0.2) is 0 Å². The van der Waals surface area contributed by atoms with Gasteiger partial charge in [0.25, 0.3) is 0 Å². The minimum absolute atomic E-state index is 0.236. The Hall–Kier alpha value is -0.880. The van der Waals surface area contributed by atoms with Crippen molar-refractivity contribution in [3.63, 3.8) is 0 Å². The maximum Gasteiger partial charge on any atom is 0.118 e. The van der Waals surface area contributed by atoms with Crippen LogP contribution in [0, 0.1) is 6.92 Å². The fourth-order valence-electron chi connectivity index (χ4n) is 2.15. The topological polar surface area (TPSA) is 55.1 Å². The van der Waals surface area contributed by atoms with Gasteiger partial charge in [0, 0.05) is 26.8 Å². The van der Waals surface area contributed by atoms with Crippen molar-refractivity contribution in [3.8, 4) is 0 Å². The summed E-state index contributed by atoms with van der Waals surface area (Å²) in [4.78, 5) is 2.17. The van der Waals surface area contributed by atoms with Gasteiger partial charge in [0.2, 0.25) is 0 Å². The fourth-order valence-corrected chi connectivity index (χ4v) is 2.15. The van der Waals surface area contributed by atoms with E-state index in [4.69, 9.17) is 13.9 Å². The first kappa shape index (κ1) is 19.2. The molecule has 22 heavy (non-hydrogen) atoms. The number of methoxy groups -OCH3 is 1. The number of rotatable bonds is 10. The highest BCUT2D eigenvalue weighted by Crippen LogP contribution is 2.12. The van der Waals surface area contributed by atoms with Crippen LogP contribution in [0.3, 0.4) is 0 Å². The third-order valence-electron chi connectivity index (χ3n) is 3.18. The van der Waals surface area contributed by atoms with Crippen LogP contribution in [0.5, 0.6) is 0 Å². The molecule has 0 aliphatic carbocycles. The quantitative estimate of drug-likeness (QED) is 0.673. The van der Waals surface area contributed by atoms with Crippen molar-refractivity contribution in [2.24, 2.45) is 0 Å². The third kappa shape index (κ3) is 8.54. The molecule has 0 fully saturated rings. The first-order chi connectivity index (χ1) is 10.3. The second kappa shape index (κ2) is 9.30. The average molecular weight is 313 g/mol. The van der Waals surface area contributed by atoms with Gasteiger partial charge in [-0.1, -0.05) is 0 Å². The van der Waals surface area contributed by atoms with Crippen LogP contribution >= 0.6 is 0 Å². The molecule has 1 heterocycles. The summed E-state index contributed by atoms with van der Waals surface area (Å²) in [7, 11) is 1.70. The van der Waals surface area contributed by atoms with E-state index in [1.807, 2.05) is 39.8 Å². The average Bonchev–Trinajstić information content (AvgIpc) is 2.81. The molecule has 1 unspecified atom stereocenters. The van der Waals surface area contributed by atoms with E-state index in [1.165, 1.54) is 0 Å². The molecule has 0 spiro atoms. The van der Waals surface area contributed by atoms with Crippen LogP contribution < -0.4 is 0 Å². The van der Waals surface area contributed by atoms with E-state index in [1.54, 1.807) is 7.11 Å². The van der Waals surface area contributed by atoms with Crippen LogP contribution in [0.1, 0.15) is 38.7 Å². The molecule has 0 aromatic carbocycles. The number of ether oxygens (including phenoxy) is 2. The molecule has 5 heteroatoms. The molecule has 0 saturated carbocycles. The Morgan fingerprint density at radius 1 is 1.32 bits per heavy atom. The highest BCUT2D eigenvalue weighted by atomic mass is 16.5. The van der Waals surface area contributed by atoms with E-state index in [9.17, 15) is 5.11 Å². The SMILES string of the molecule is COCCCN(Cc1ccc(C)o1)CC(O)COC(C)(C)C. The maximum absolute atomic E-state index is 10.2. The molecule has 0 saturated heterocycles. The third-order valence-corrected chi connectivity index (χ3v) is 3.18. The largest absolute Gasteiger partial charge is 0.465 e. The standard InChI is InChI=1S/C17H31NO4/c1-14-7-8-16(22-14)12-18(9-6-10-20-5)11-15(19)13-21-17(2,3)4/h7-8,15,19H,6,9-13H2,1-5H3. The first-order valence-electron chi connectivity index (χ1n) is 7.89. The maximum atomic E-state index is 10.2. The molecule has 128 valence electrons. The van der Waals surface area contributed by atoms with Crippen LogP contribution in [0.4, 0.5) is 0 Å². The molecule has 5 nitrogen and oxygen atoms in total. The molecule has 0 aliphatic heterocycles. The zero-order valence-corrected chi connectivity index (χ0v) is 14.6. The molecule has 0 bridgehead atoms. The lowest BCUT2D eigenvalue weighted by Crippen LogP contribution is -2.37. The fraction of sp³-hybridized carbons (Fsp3) is 0.765. The smallest absolute Gasteiger partial charge is 0.118 e. The van der Waals surface area contributed by atoms with E-state index < -0.39 is 6.10 Å². The number of hydrogen-bond donors (Lipinski definition) is 1. The van der Waals surface area contributed by atoms with E-state index in [0.29, 0.717) is 26.3 Å². The monoisotopic (exact) mass is 313 g/mol. The minimum Gasteiger partial charge on any atom is -0.465 e. The zero-order valence-electron chi connectivity index (χ0n) is 14.6. The van der Waals surface area contributed by atoms with Crippen LogP contribution in [0.15, 0.2) is 16.5 Å². The van der Waals surface area contributed by atoms with Crippen molar-refractivity contribution in [1.29, 1.82) is 0 Å². The molecule has 0 aliphatic rings. The number of furan rings is 1. The van der Waals surface area contributed by atoms with Crippen molar-refractivity contribution in [2.75, 3.05) is 33.4 Å². The van der Waals surface area contributed by atoms with Crippen LogP contribution in [-0.2, 0) is 16.0 Å². The number of aryl methyl sites for hydroxylation is 1. The van der Waals surface area contributed by atoms with Gasteiger partial charge in [0.1, 0.15) is 11.5 Å². The number of hydrogen-bond acceptors (Lipinski definition) is 5. The van der Waals surface area contributed by atoms with Crippen molar-refractivity contribution < 1.29 is 19.0 Å². The molecule has 1 aromatic heterocycles. The normalized spacial score (nSPS) is 13.8. The molecular weight excluding hydrogens is 282 g/mol. The molecule has 0 radical (unpaired) electrons. The van der Waals surface area contributed by atoms with E-state index >= 15 is 0 Å². The Morgan fingerprint density at radius 2 is 2.05 bits per heavy atom. The lowest BCUT2D eigenvalue weighted by Gasteiger charge is -2.26. The Bertz CT molecular complexity index is 411. The number of aliphatic hydroxyl groups is 1. The van der Waals surface area contributed by atoms with Crippen molar-refractivity contribution in [3.05, 3.63) is 23.7 Å². The summed E-state index contributed by atoms with van der Waals surface area (Å²) < 4.78 is 16.4. The Morgan fingerprint density at radius 3 is 2.59 bits per heavy atom. The van der Waals surface area contributed by atoms with Gasteiger partial charge in [-0.3, -0.25) is 4.90 Å². The Labute approximate surface area is 134 Å². The summed E-state index contributed by atoms with van der Waals surface area (Å²) in [5.41, 5.74) is -0.236. The van der Waals surface area contributed by atoms with Gasteiger partial charge in [0.15, 0.2) is 0 Å². The van der Waals surface area contributed by atoms with Gasteiger partial charge < -0.3 is 19.0 Å². The molecule has 1 atom stereocenters. The highest BCUT2D eigenvalue weighted by molar-refractivity contribution is 5.05. The van der Waals surface area contributed by atoms with Crippen LogP contribution in [-0.4, -0.2) is 55.1 Å². The van der Waals surface area contributed by atoms with E-state index in [-0.39, 0.29) is 5.60 Å². The van der Waals surface area contributed by atoms with Crippen LogP contribution in [0.25, 0.3) is 0 Å². The van der Waals surface area contributed by atoms with Crippen molar-refractivity contribution >= 4 is 0 Å². The predicted octanol–water partition coefficient (Wildman–Crippen LogP) is 2.60. The van der Waals surface area contributed by atoms with Crippen LogP contribution in [0.2, 0.25) is 0 Å². The molecule has 0 amide bonds. The minimum atomic E-state index is -0.516. The summed E-state index contributed by atoms with van der Waals surface area (Å²) in [5, 5.41) is 10.2. The molecule has 1 rings (SSSR count). The number of nitrogens with zero attached hydrogens (tertiary/aromatic N) is 1. The summed E-state index contributed by atoms with van der Waals surface area (Å²) in [5.74, 6) is 1.82.